The lowest BCUT2D eigenvalue weighted by molar-refractivity contribution is 0.226. The lowest BCUT2D eigenvalue weighted by atomic mass is 9.76. The van der Waals surface area contributed by atoms with Crippen LogP contribution < -0.4 is 5.32 Å². The van der Waals surface area contributed by atoms with E-state index in [4.69, 9.17) is 0 Å². The Morgan fingerprint density at radius 2 is 2.10 bits per heavy atom. The molecule has 0 aliphatic heterocycles. The van der Waals surface area contributed by atoms with Crippen LogP contribution in [0.1, 0.15) is 51.1 Å². The fourth-order valence-electron chi connectivity index (χ4n) is 3.92. The summed E-state index contributed by atoms with van der Waals surface area (Å²) in [5, 5.41) is 5.06. The van der Waals surface area contributed by atoms with Crippen LogP contribution in [0.4, 0.5) is 0 Å². The largest absolute Gasteiger partial charge is 0.310 e. The van der Waals surface area contributed by atoms with E-state index in [1.807, 2.05) is 6.20 Å². The van der Waals surface area contributed by atoms with Gasteiger partial charge < -0.3 is 5.32 Å². The number of nitrogens with zero attached hydrogens (tertiary/aromatic N) is 1. The summed E-state index contributed by atoms with van der Waals surface area (Å²) >= 11 is 0. The van der Waals surface area contributed by atoms with Crippen molar-refractivity contribution >= 4 is 10.9 Å². The molecule has 3 unspecified atom stereocenters. The Kier molecular flexibility index (Phi) is 4.54. The molecule has 1 heterocycles. The molecule has 1 aliphatic carbocycles. The third kappa shape index (κ3) is 3.11. The Morgan fingerprint density at radius 1 is 1.24 bits per heavy atom. The minimum Gasteiger partial charge on any atom is -0.310 e. The number of para-hydroxylation sites is 1. The second kappa shape index (κ2) is 6.57. The number of aromatic nitrogens is 1. The molecule has 0 bridgehead atoms. The molecule has 2 nitrogen and oxygen atoms in total. The van der Waals surface area contributed by atoms with Crippen LogP contribution in [0.2, 0.25) is 0 Å². The average Bonchev–Trinajstić information content (AvgIpc) is 2.52. The Morgan fingerprint density at radius 3 is 2.90 bits per heavy atom. The van der Waals surface area contributed by atoms with Crippen molar-refractivity contribution in [2.24, 2.45) is 11.8 Å². The van der Waals surface area contributed by atoms with Gasteiger partial charge in [0, 0.05) is 17.6 Å². The Labute approximate surface area is 128 Å². The molecule has 1 N–H and O–H groups in total. The average molecular weight is 282 g/mol. The number of hydrogen-bond donors (Lipinski definition) is 1. The molecule has 21 heavy (non-hydrogen) atoms. The summed E-state index contributed by atoms with van der Waals surface area (Å²) in [6.07, 6.45) is 7.42. The first-order valence-corrected chi connectivity index (χ1v) is 8.36. The first kappa shape index (κ1) is 14.5. The SMILES string of the molecule is CCNC(c1ccnc2ccccc12)C1CCCC(C)C1. The molecule has 1 aliphatic rings. The Hall–Kier alpha value is -1.41. The van der Waals surface area contributed by atoms with Crippen LogP contribution in [0.15, 0.2) is 36.5 Å². The molecule has 0 radical (unpaired) electrons. The quantitative estimate of drug-likeness (QED) is 0.878. The monoisotopic (exact) mass is 282 g/mol. The summed E-state index contributed by atoms with van der Waals surface area (Å²) in [5.41, 5.74) is 2.54. The number of benzene rings is 1. The van der Waals surface area contributed by atoms with Gasteiger partial charge in [0.1, 0.15) is 0 Å². The maximum absolute atomic E-state index is 4.52. The molecular formula is C19H26N2. The predicted molar refractivity (Wildman–Crippen MR) is 89.3 cm³/mol. The number of hydrogen-bond acceptors (Lipinski definition) is 2. The van der Waals surface area contributed by atoms with Crippen LogP contribution in [-0.4, -0.2) is 11.5 Å². The molecule has 2 heteroatoms. The highest BCUT2D eigenvalue weighted by atomic mass is 14.9. The summed E-state index contributed by atoms with van der Waals surface area (Å²) in [4.78, 5) is 4.52. The zero-order valence-electron chi connectivity index (χ0n) is 13.2. The fourth-order valence-corrected chi connectivity index (χ4v) is 3.92. The molecule has 3 atom stereocenters. The van der Waals surface area contributed by atoms with E-state index < -0.39 is 0 Å². The van der Waals surface area contributed by atoms with Gasteiger partial charge in [-0.25, -0.2) is 0 Å². The summed E-state index contributed by atoms with van der Waals surface area (Å²) in [6, 6.07) is 11.2. The van der Waals surface area contributed by atoms with Crippen LogP contribution >= 0.6 is 0 Å². The van der Waals surface area contributed by atoms with E-state index in [9.17, 15) is 0 Å². The van der Waals surface area contributed by atoms with Gasteiger partial charge in [-0.2, -0.15) is 0 Å². The van der Waals surface area contributed by atoms with Gasteiger partial charge in [0.25, 0.3) is 0 Å². The van der Waals surface area contributed by atoms with Gasteiger partial charge in [0.05, 0.1) is 5.52 Å². The van der Waals surface area contributed by atoms with Crippen LogP contribution in [0.25, 0.3) is 10.9 Å². The van der Waals surface area contributed by atoms with Crippen molar-refractivity contribution in [1.29, 1.82) is 0 Å². The van der Waals surface area contributed by atoms with Crippen molar-refractivity contribution in [2.75, 3.05) is 6.54 Å². The van der Waals surface area contributed by atoms with Crippen LogP contribution in [0, 0.1) is 11.8 Å². The maximum Gasteiger partial charge on any atom is 0.0705 e. The van der Waals surface area contributed by atoms with E-state index in [1.54, 1.807) is 0 Å². The molecule has 2 aromatic rings. The zero-order chi connectivity index (χ0) is 14.7. The normalized spacial score (nSPS) is 24.1. The van der Waals surface area contributed by atoms with E-state index in [0.29, 0.717) is 6.04 Å². The van der Waals surface area contributed by atoms with Crippen molar-refractivity contribution in [2.45, 2.75) is 45.6 Å². The summed E-state index contributed by atoms with van der Waals surface area (Å²) < 4.78 is 0. The van der Waals surface area contributed by atoms with E-state index in [2.05, 4.69) is 54.5 Å². The molecule has 1 aromatic carbocycles. The maximum atomic E-state index is 4.52. The van der Waals surface area contributed by atoms with Gasteiger partial charge in [-0.1, -0.05) is 44.9 Å². The molecule has 1 fully saturated rings. The third-order valence-corrected chi connectivity index (χ3v) is 4.89. The third-order valence-electron chi connectivity index (χ3n) is 4.89. The molecule has 1 saturated carbocycles. The van der Waals surface area contributed by atoms with Crippen molar-refractivity contribution < 1.29 is 0 Å². The zero-order valence-corrected chi connectivity index (χ0v) is 13.2. The topological polar surface area (TPSA) is 24.9 Å². The standard InChI is InChI=1S/C19H26N2/c1-3-20-19(15-8-6-7-14(2)13-15)17-11-12-21-18-10-5-4-9-16(17)18/h4-5,9-12,14-15,19-20H,3,6-8,13H2,1-2H3. The summed E-state index contributed by atoms with van der Waals surface area (Å²) in [7, 11) is 0. The lowest BCUT2D eigenvalue weighted by Crippen LogP contribution is -2.31. The van der Waals surface area contributed by atoms with E-state index in [1.165, 1.54) is 36.6 Å². The van der Waals surface area contributed by atoms with Crippen LogP contribution in [-0.2, 0) is 0 Å². The van der Waals surface area contributed by atoms with Gasteiger partial charge in [-0.05, 0) is 48.9 Å². The number of fused-ring (bicyclic) bond motifs is 1. The molecule has 0 amide bonds. The van der Waals surface area contributed by atoms with Gasteiger partial charge in [0.2, 0.25) is 0 Å². The van der Waals surface area contributed by atoms with Gasteiger partial charge in [0.15, 0.2) is 0 Å². The summed E-state index contributed by atoms with van der Waals surface area (Å²) in [6.45, 7) is 5.63. The number of nitrogens with one attached hydrogen (secondary N) is 1. The second-order valence-corrected chi connectivity index (χ2v) is 6.48. The molecule has 0 saturated heterocycles. The fraction of sp³-hybridized carbons (Fsp3) is 0.526. The summed E-state index contributed by atoms with van der Waals surface area (Å²) in [5.74, 6) is 1.61. The number of rotatable bonds is 4. The van der Waals surface area contributed by atoms with Crippen molar-refractivity contribution in [3.63, 3.8) is 0 Å². The molecule has 112 valence electrons. The second-order valence-electron chi connectivity index (χ2n) is 6.48. The van der Waals surface area contributed by atoms with Crippen molar-refractivity contribution in [1.82, 2.24) is 10.3 Å². The number of pyridine rings is 1. The van der Waals surface area contributed by atoms with Crippen molar-refractivity contribution in [3.05, 3.63) is 42.1 Å². The minimum absolute atomic E-state index is 0.464. The highest BCUT2D eigenvalue weighted by Gasteiger charge is 2.28. The van der Waals surface area contributed by atoms with Crippen LogP contribution in [0.5, 0.6) is 0 Å². The lowest BCUT2D eigenvalue weighted by Gasteiger charge is -2.34. The highest BCUT2D eigenvalue weighted by Crippen LogP contribution is 2.38. The van der Waals surface area contributed by atoms with E-state index >= 15 is 0 Å². The Bertz CT molecular complexity index is 588. The van der Waals surface area contributed by atoms with E-state index in [-0.39, 0.29) is 0 Å². The van der Waals surface area contributed by atoms with Gasteiger partial charge in [-0.15, -0.1) is 0 Å². The minimum atomic E-state index is 0.464. The highest BCUT2D eigenvalue weighted by molar-refractivity contribution is 5.82. The molecule has 1 aromatic heterocycles. The molecular weight excluding hydrogens is 256 g/mol. The molecule has 3 rings (SSSR count). The van der Waals surface area contributed by atoms with E-state index in [0.717, 1.165) is 23.9 Å². The smallest absolute Gasteiger partial charge is 0.0705 e. The molecule has 0 spiro atoms. The first-order valence-electron chi connectivity index (χ1n) is 8.36. The van der Waals surface area contributed by atoms with Crippen molar-refractivity contribution in [3.8, 4) is 0 Å². The van der Waals surface area contributed by atoms with Crippen LogP contribution in [0.3, 0.4) is 0 Å². The van der Waals surface area contributed by atoms with Gasteiger partial charge in [-0.3, -0.25) is 4.98 Å². The Balaban J connectivity index is 1.98. The van der Waals surface area contributed by atoms with Gasteiger partial charge >= 0.3 is 0 Å². The predicted octanol–water partition coefficient (Wildman–Crippen LogP) is 4.71. The first-order chi connectivity index (χ1) is 10.3.